The number of halogens is 3. The Hall–Kier alpha value is -3.57. The van der Waals surface area contributed by atoms with Gasteiger partial charge in [0.05, 0.1) is 30.7 Å². The van der Waals surface area contributed by atoms with Crippen molar-refractivity contribution in [2.75, 3.05) is 26.7 Å². The number of benzene rings is 2. The molecule has 4 rings (SSSR count). The molecule has 188 valence electrons. The number of alkyl halides is 1. The van der Waals surface area contributed by atoms with Gasteiger partial charge in [-0.15, -0.1) is 0 Å². The number of carbonyl (C=O) groups is 1. The molecule has 1 aliphatic heterocycles. The van der Waals surface area contributed by atoms with E-state index in [-0.39, 0.29) is 31.0 Å². The SMILES string of the molecule is COc1ccc2nccc(C(F)CC[C@@H]3CCN(CC#Cc4cccc(F)c4F)C[C@@H]3C(=O)O)c2c1. The Labute approximate surface area is 207 Å². The number of likely N-dealkylation sites (tertiary alicyclic amines) is 1. The van der Waals surface area contributed by atoms with Crippen molar-refractivity contribution >= 4 is 16.9 Å². The fourth-order valence-electron chi connectivity index (χ4n) is 4.75. The van der Waals surface area contributed by atoms with Gasteiger partial charge in [0.1, 0.15) is 11.9 Å². The minimum absolute atomic E-state index is 0.0325. The van der Waals surface area contributed by atoms with Gasteiger partial charge in [0.2, 0.25) is 0 Å². The largest absolute Gasteiger partial charge is 0.497 e. The fourth-order valence-corrected chi connectivity index (χ4v) is 4.75. The number of piperidine rings is 1. The average Bonchev–Trinajstić information content (AvgIpc) is 2.89. The summed E-state index contributed by atoms with van der Waals surface area (Å²) in [5, 5.41) is 10.5. The van der Waals surface area contributed by atoms with Crippen molar-refractivity contribution in [3.8, 4) is 17.6 Å². The number of aliphatic carboxylic acids is 1. The van der Waals surface area contributed by atoms with Crippen molar-refractivity contribution in [3.05, 3.63) is 71.4 Å². The lowest BCUT2D eigenvalue weighted by Gasteiger charge is -2.35. The molecule has 1 aromatic heterocycles. The molecule has 1 aliphatic rings. The summed E-state index contributed by atoms with van der Waals surface area (Å²) < 4.78 is 47.7. The van der Waals surface area contributed by atoms with Crippen molar-refractivity contribution < 1.29 is 27.8 Å². The molecule has 1 N–H and O–H groups in total. The van der Waals surface area contributed by atoms with E-state index in [1.165, 1.54) is 12.1 Å². The molecule has 0 bridgehead atoms. The van der Waals surface area contributed by atoms with Crippen LogP contribution in [0.25, 0.3) is 10.9 Å². The lowest BCUT2D eigenvalue weighted by atomic mass is 9.81. The highest BCUT2D eigenvalue weighted by atomic mass is 19.2. The number of hydrogen-bond donors (Lipinski definition) is 1. The number of methoxy groups -OCH3 is 1. The van der Waals surface area contributed by atoms with E-state index in [0.29, 0.717) is 41.6 Å². The third-order valence-corrected chi connectivity index (χ3v) is 6.75. The molecule has 36 heavy (non-hydrogen) atoms. The summed E-state index contributed by atoms with van der Waals surface area (Å²) in [6, 6.07) is 10.8. The summed E-state index contributed by atoms with van der Waals surface area (Å²) in [4.78, 5) is 18.2. The Balaban J connectivity index is 1.38. The summed E-state index contributed by atoms with van der Waals surface area (Å²) in [6.45, 7) is 1.11. The van der Waals surface area contributed by atoms with Crippen LogP contribution in [0, 0.1) is 35.3 Å². The van der Waals surface area contributed by atoms with Crippen LogP contribution in [-0.4, -0.2) is 47.7 Å². The van der Waals surface area contributed by atoms with Crippen molar-refractivity contribution in [1.29, 1.82) is 0 Å². The normalized spacial score (nSPS) is 18.9. The first-order valence-corrected chi connectivity index (χ1v) is 11.8. The van der Waals surface area contributed by atoms with Gasteiger partial charge in [0, 0.05) is 18.1 Å². The lowest BCUT2D eigenvalue weighted by Crippen LogP contribution is -2.44. The Morgan fingerprint density at radius 3 is 2.89 bits per heavy atom. The Morgan fingerprint density at radius 2 is 2.11 bits per heavy atom. The van der Waals surface area contributed by atoms with E-state index < -0.39 is 29.7 Å². The molecule has 0 amide bonds. The zero-order valence-electron chi connectivity index (χ0n) is 19.9. The van der Waals surface area contributed by atoms with Crippen molar-refractivity contribution in [2.45, 2.75) is 25.4 Å². The molecule has 1 fully saturated rings. The van der Waals surface area contributed by atoms with Gasteiger partial charge in [-0.05, 0) is 73.7 Å². The molecular weight excluding hydrogens is 469 g/mol. The molecule has 3 aromatic rings. The number of ether oxygens (including phenoxy) is 1. The summed E-state index contributed by atoms with van der Waals surface area (Å²) in [7, 11) is 1.55. The second-order valence-corrected chi connectivity index (χ2v) is 8.96. The smallest absolute Gasteiger partial charge is 0.308 e. The maximum absolute atomic E-state index is 15.3. The molecule has 8 heteroatoms. The van der Waals surface area contributed by atoms with E-state index in [4.69, 9.17) is 4.74 Å². The minimum atomic E-state index is -1.26. The summed E-state index contributed by atoms with van der Waals surface area (Å²) in [5.74, 6) is 2.34. The number of carboxylic acids is 1. The van der Waals surface area contributed by atoms with Gasteiger partial charge >= 0.3 is 5.97 Å². The molecule has 0 radical (unpaired) electrons. The molecule has 1 saturated heterocycles. The molecule has 0 aliphatic carbocycles. The van der Waals surface area contributed by atoms with Crippen LogP contribution in [0.4, 0.5) is 13.2 Å². The summed E-state index contributed by atoms with van der Waals surface area (Å²) in [6.07, 6.45) is 1.53. The third kappa shape index (κ3) is 5.80. The first kappa shape index (κ1) is 25.5. The molecular formula is C28H27F3N2O3. The molecule has 5 nitrogen and oxygen atoms in total. The predicted octanol–water partition coefficient (Wildman–Crippen LogP) is 5.39. The second-order valence-electron chi connectivity index (χ2n) is 8.96. The highest BCUT2D eigenvalue weighted by Crippen LogP contribution is 2.35. The Bertz CT molecular complexity index is 1300. The maximum atomic E-state index is 15.3. The zero-order valence-corrected chi connectivity index (χ0v) is 19.9. The Kier molecular flexibility index (Phi) is 8.11. The monoisotopic (exact) mass is 496 g/mol. The van der Waals surface area contributed by atoms with Gasteiger partial charge in [-0.25, -0.2) is 13.2 Å². The quantitative estimate of drug-likeness (QED) is 0.445. The van der Waals surface area contributed by atoms with Crippen LogP contribution in [0.15, 0.2) is 48.7 Å². The minimum Gasteiger partial charge on any atom is -0.497 e. The van der Waals surface area contributed by atoms with Crippen LogP contribution >= 0.6 is 0 Å². The molecule has 0 spiro atoms. The molecule has 3 atom stereocenters. The number of hydrogen-bond acceptors (Lipinski definition) is 4. The zero-order chi connectivity index (χ0) is 25.7. The van der Waals surface area contributed by atoms with Crippen LogP contribution in [0.3, 0.4) is 0 Å². The van der Waals surface area contributed by atoms with E-state index in [1.807, 2.05) is 4.90 Å². The number of rotatable bonds is 7. The van der Waals surface area contributed by atoms with Gasteiger partial charge in [-0.2, -0.15) is 0 Å². The predicted molar refractivity (Wildman–Crippen MR) is 130 cm³/mol. The summed E-state index contributed by atoms with van der Waals surface area (Å²) >= 11 is 0. The number of fused-ring (bicyclic) bond motifs is 1. The maximum Gasteiger partial charge on any atom is 0.308 e. The van der Waals surface area contributed by atoms with Gasteiger partial charge in [-0.3, -0.25) is 14.7 Å². The van der Waals surface area contributed by atoms with E-state index in [2.05, 4.69) is 16.8 Å². The van der Waals surface area contributed by atoms with Crippen LogP contribution in [-0.2, 0) is 4.79 Å². The highest BCUT2D eigenvalue weighted by Gasteiger charge is 2.34. The van der Waals surface area contributed by atoms with Crippen molar-refractivity contribution in [1.82, 2.24) is 9.88 Å². The fraction of sp³-hybridized carbons (Fsp3) is 0.357. The van der Waals surface area contributed by atoms with Crippen molar-refractivity contribution in [2.24, 2.45) is 11.8 Å². The standard InChI is InChI=1S/C28H27F3N2O3/c1-36-20-8-10-26-22(16-20)21(11-13-32-26)24(29)9-7-18-12-15-33(17-23(18)28(34)35)14-3-5-19-4-2-6-25(30)27(19)31/h2,4,6,8,10-11,13,16,18,23-24H,7,9,12,14-15,17H2,1H3,(H,34,35)/t18-,23+,24?/m1/s1. The third-order valence-electron chi connectivity index (χ3n) is 6.75. The molecule has 2 aromatic carbocycles. The van der Waals surface area contributed by atoms with E-state index in [1.54, 1.807) is 37.6 Å². The van der Waals surface area contributed by atoms with E-state index in [9.17, 15) is 18.7 Å². The summed E-state index contributed by atoms with van der Waals surface area (Å²) in [5.41, 5.74) is 1.16. The van der Waals surface area contributed by atoms with Crippen molar-refractivity contribution in [3.63, 3.8) is 0 Å². The lowest BCUT2D eigenvalue weighted by molar-refractivity contribution is -0.146. The first-order chi connectivity index (χ1) is 17.4. The van der Waals surface area contributed by atoms with E-state index in [0.717, 1.165) is 6.07 Å². The highest BCUT2D eigenvalue weighted by molar-refractivity contribution is 5.83. The van der Waals surface area contributed by atoms with Gasteiger partial charge < -0.3 is 9.84 Å². The number of carboxylic acid groups (broad SMARTS) is 1. The molecule has 0 saturated carbocycles. The van der Waals surface area contributed by atoms with Gasteiger partial charge in [-0.1, -0.05) is 17.9 Å². The first-order valence-electron chi connectivity index (χ1n) is 11.8. The van der Waals surface area contributed by atoms with E-state index >= 15 is 4.39 Å². The molecule has 2 heterocycles. The number of pyridine rings is 1. The Morgan fingerprint density at radius 1 is 1.28 bits per heavy atom. The van der Waals surface area contributed by atoms with Crippen LogP contribution in [0.1, 0.15) is 36.6 Å². The van der Waals surface area contributed by atoms with Crippen LogP contribution < -0.4 is 4.74 Å². The van der Waals surface area contributed by atoms with Crippen LogP contribution in [0.2, 0.25) is 0 Å². The second kappa shape index (κ2) is 11.4. The molecule has 1 unspecified atom stereocenters. The number of nitrogens with zero attached hydrogens (tertiary/aromatic N) is 2. The number of aromatic nitrogens is 1. The van der Waals surface area contributed by atoms with Gasteiger partial charge in [0.15, 0.2) is 11.6 Å². The van der Waals surface area contributed by atoms with Crippen LogP contribution in [0.5, 0.6) is 5.75 Å². The average molecular weight is 497 g/mol. The topological polar surface area (TPSA) is 62.7 Å². The van der Waals surface area contributed by atoms with Gasteiger partial charge in [0.25, 0.3) is 0 Å².